The van der Waals surface area contributed by atoms with Crippen LogP contribution in [-0.2, 0) is 0 Å². The summed E-state index contributed by atoms with van der Waals surface area (Å²) in [4.78, 5) is 4.68. The van der Waals surface area contributed by atoms with Gasteiger partial charge in [-0.05, 0) is 73.0 Å². The molecule has 1 heterocycles. The van der Waals surface area contributed by atoms with Crippen LogP contribution in [0.4, 0.5) is 4.39 Å². The first-order chi connectivity index (χ1) is 13.5. The van der Waals surface area contributed by atoms with Gasteiger partial charge in [-0.2, -0.15) is 0 Å². The molecule has 0 fully saturated rings. The number of hydrogen-bond donors (Lipinski definition) is 0. The van der Waals surface area contributed by atoms with Gasteiger partial charge in [0.1, 0.15) is 11.6 Å². The summed E-state index contributed by atoms with van der Waals surface area (Å²) >= 11 is 6.60. The van der Waals surface area contributed by atoms with Gasteiger partial charge in [0.15, 0.2) is 0 Å². The lowest BCUT2D eigenvalue weighted by Crippen LogP contribution is -1.92. The predicted octanol–water partition coefficient (Wildman–Crippen LogP) is 7.07. The van der Waals surface area contributed by atoms with E-state index in [0.29, 0.717) is 11.6 Å². The van der Waals surface area contributed by atoms with E-state index in [-0.39, 0.29) is 5.82 Å². The van der Waals surface area contributed by atoms with Crippen LogP contribution in [0.2, 0.25) is 5.02 Å². The molecule has 0 atom stereocenters. The lowest BCUT2D eigenvalue weighted by atomic mass is 10.0. The molecule has 2 nitrogen and oxygen atoms in total. The second-order valence-electron chi connectivity index (χ2n) is 6.64. The Morgan fingerprint density at radius 3 is 2.39 bits per heavy atom. The first-order valence-corrected chi connectivity index (χ1v) is 9.53. The highest BCUT2D eigenvalue weighted by atomic mass is 35.5. The molecule has 0 saturated carbocycles. The Bertz CT molecular complexity index is 1160. The molecular weight excluding hydrogens is 373 g/mol. The van der Waals surface area contributed by atoms with Gasteiger partial charge in [-0.15, -0.1) is 0 Å². The van der Waals surface area contributed by atoms with Crippen molar-refractivity contribution in [3.05, 3.63) is 83.1 Å². The van der Waals surface area contributed by atoms with Gasteiger partial charge in [-0.1, -0.05) is 35.9 Å². The van der Waals surface area contributed by atoms with Gasteiger partial charge in [0.25, 0.3) is 0 Å². The zero-order valence-corrected chi connectivity index (χ0v) is 16.4. The van der Waals surface area contributed by atoms with Gasteiger partial charge in [-0.25, -0.2) is 9.37 Å². The van der Waals surface area contributed by atoms with Crippen LogP contribution < -0.4 is 4.74 Å². The maximum absolute atomic E-state index is 13.5. The van der Waals surface area contributed by atoms with E-state index in [1.807, 2.05) is 62.4 Å². The molecule has 4 rings (SSSR count). The molecule has 1 aromatic heterocycles. The number of fused-ring (bicyclic) bond motifs is 1. The average molecular weight is 392 g/mol. The summed E-state index contributed by atoms with van der Waals surface area (Å²) in [5.41, 5.74) is 5.44. The second kappa shape index (κ2) is 7.61. The molecule has 0 aliphatic heterocycles. The zero-order chi connectivity index (χ0) is 19.7. The fraction of sp³-hybridized carbons (Fsp3) is 0.125. The summed E-state index contributed by atoms with van der Waals surface area (Å²) in [5.74, 6) is 0.587. The van der Waals surface area contributed by atoms with Crippen LogP contribution in [0.15, 0.2) is 66.7 Å². The summed E-state index contributed by atoms with van der Waals surface area (Å²) in [6, 6.07) is 20.5. The maximum atomic E-state index is 13.5. The quantitative estimate of drug-likeness (QED) is 0.371. The molecule has 28 heavy (non-hydrogen) atoms. The first-order valence-electron chi connectivity index (χ1n) is 9.15. The van der Waals surface area contributed by atoms with Crippen molar-refractivity contribution in [1.82, 2.24) is 4.98 Å². The van der Waals surface area contributed by atoms with E-state index in [0.717, 1.165) is 44.6 Å². The van der Waals surface area contributed by atoms with Crippen molar-refractivity contribution >= 4 is 22.5 Å². The van der Waals surface area contributed by atoms with Crippen LogP contribution in [0.5, 0.6) is 5.75 Å². The molecule has 0 spiro atoms. The van der Waals surface area contributed by atoms with Gasteiger partial charge in [0.2, 0.25) is 0 Å². The molecule has 0 N–H and O–H groups in total. The zero-order valence-electron chi connectivity index (χ0n) is 15.7. The summed E-state index contributed by atoms with van der Waals surface area (Å²) in [5, 5.41) is 1.44. The highest BCUT2D eigenvalue weighted by Gasteiger charge is 2.11. The fourth-order valence-electron chi connectivity index (χ4n) is 3.32. The number of aromatic nitrogens is 1. The normalized spacial score (nSPS) is 11.0. The van der Waals surface area contributed by atoms with E-state index < -0.39 is 0 Å². The molecule has 0 amide bonds. The van der Waals surface area contributed by atoms with Crippen molar-refractivity contribution in [1.29, 1.82) is 0 Å². The van der Waals surface area contributed by atoms with Crippen LogP contribution in [-0.4, -0.2) is 11.6 Å². The maximum Gasteiger partial charge on any atom is 0.123 e. The van der Waals surface area contributed by atoms with E-state index in [4.69, 9.17) is 16.3 Å². The van der Waals surface area contributed by atoms with Gasteiger partial charge in [-0.3, -0.25) is 0 Å². The molecule has 4 aromatic rings. The van der Waals surface area contributed by atoms with Crippen molar-refractivity contribution < 1.29 is 9.13 Å². The van der Waals surface area contributed by atoms with Crippen LogP contribution in [0.25, 0.3) is 33.3 Å². The van der Waals surface area contributed by atoms with Crippen LogP contribution >= 0.6 is 11.6 Å². The topological polar surface area (TPSA) is 22.1 Å². The smallest absolute Gasteiger partial charge is 0.123 e. The minimum Gasteiger partial charge on any atom is -0.494 e. The molecular formula is C24H19ClFNO. The number of pyridine rings is 1. The van der Waals surface area contributed by atoms with Crippen molar-refractivity contribution in [3.63, 3.8) is 0 Å². The van der Waals surface area contributed by atoms with Crippen LogP contribution in [0.3, 0.4) is 0 Å². The largest absolute Gasteiger partial charge is 0.494 e. The SMILES string of the molecule is CCOc1ccc(-c2ccc(-c3cc(C)c4cc(F)ccc4n3)c(Cl)c2)cc1. The molecule has 4 heteroatoms. The molecule has 0 radical (unpaired) electrons. The Balaban J connectivity index is 1.72. The molecule has 0 aliphatic rings. The Morgan fingerprint density at radius 2 is 1.68 bits per heavy atom. The second-order valence-corrected chi connectivity index (χ2v) is 7.05. The standard InChI is InChI=1S/C24H19ClFNO/c1-3-28-19-8-4-16(5-9-19)17-6-10-20(22(25)13-17)24-12-15(2)21-14-18(26)7-11-23(21)27-24/h4-14H,3H2,1-2H3. The molecule has 140 valence electrons. The third-order valence-electron chi connectivity index (χ3n) is 4.72. The summed E-state index contributed by atoms with van der Waals surface area (Å²) in [6.07, 6.45) is 0. The van der Waals surface area contributed by atoms with Crippen molar-refractivity contribution in [3.8, 4) is 28.1 Å². The summed E-state index contributed by atoms with van der Waals surface area (Å²) < 4.78 is 19.0. The molecule has 0 aliphatic carbocycles. The Morgan fingerprint density at radius 1 is 0.929 bits per heavy atom. The average Bonchev–Trinajstić information content (AvgIpc) is 2.69. The van der Waals surface area contributed by atoms with Gasteiger partial charge < -0.3 is 4.74 Å². The van der Waals surface area contributed by atoms with Crippen molar-refractivity contribution in [2.24, 2.45) is 0 Å². The highest BCUT2D eigenvalue weighted by Crippen LogP contribution is 2.33. The van der Waals surface area contributed by atoms with Crippen molar-refractivity contribution in [2.75, 3.05) is 6.61 Å². The van der Waals surface area contributed by atoms with Gasteiger partial charge in [0, 0.05) is 10.9 Å². The number of rotatable bonds is 4. The minimum atomic E-state index is -0.261. The van der Waals surface area contributed by atoms with Crippen LogP contribution in [0.1, 0.15) is 12.5 Å². The molecule has 3 aromatic carbocycles. The Hall–Kier alpha value is -2.91. The van der Waals surface area contributed by atoms with Crippen molar-refractivity contribution in [2.45, 2.75) is 13.8 Å². The third kappa shape index (κ3) is 3.58. The first kappa shape index (κ1) is 18.5. The fourth-order valence-corrected chi connectivity index (χ4v) is 3.59. The van der Waals surface area contributed by atoms with E-state index in [9.17, 15) is 4.39 Å². The molecule has 0 unspecified atom stereocenters. The van der Waals surface area contributed by atoms with E-state index in [1.54, 1.807) is 6.07 Å². The van der Waals surface area contributed by atoms with Crippen LogP contribution in [0, 0.1) is 12.7 Å². The van der Waals surface area contributed by atoms with Gasteiger partial charge >= 0.3 is 0 Å². The van der Waals surface area contributed by atoms with E-state index in [2.05, 4.69) is 4.98 Å². The number of aryl methyl sites for hydroxylation is 1. The van der Waals surface area contributed by atoms with Gasteiger partial charge in [0.05, 0.1) is 22.8 Å². The number of hydrogen-bond acceptors (Lipinski definition) is 2. The number of benzene rings is 3. The molecule has 0 bridgehead atoms. The predicted molar refractivity (Wildman–Crippen MR) is 113 cm³/mol. The van der Waals surface area contributed by atoms with E-state index >= 15 is 0 Å². The molecule has 0 saturated heterocycles. The monoisotopic (exact) mass is 391 g/mol. The lowest BCUT2D eigenvalue weighted by molar-refractivity contribution is 0.340. The summed E-state index contributed by atoms with van der Waals surface area (Å²) in [6.45, 7) is 4.56. The minimum absolute atomic E-state index is 0.261. The lowest BCUT2D eigenvalue weighted by Gasteiger charge is -2.11. The highest BCUT2D eigenvalue weighted by molar-refractivity contribution is 6.33. The number of nitrogens with zero attached hydrogens (tertiary/aromatic N) is 1. The number of halogens is 2. The van der Waals surface area contributed by atoms with E-state index in [1.165, 1.54) is 12.1 Å². The number of ether oxygens (including phenoxy) is 1. The summed E-state index contributed by atoms with van der Waals surface area (Å²) in [7, 11) is 0. The third-order valence-corrected chi connectivity index (χ3v) is 5.03. The Labute approximate surface area is 168 Å². The Kier molecular flexibility index (Phi) is 5.01.